The SMILES string of the molecule is CC(C)n1c(=O)cc(O)c2cc(C(=O)O)sc21. The molecule has 0 saturated carbocycles. The number of hydrogen-bond donors (Lipinski definition) is 2. The smallest absolute Gasteiger partial charge is 0.345 e. The van der Waals surface area contributed by atoms with E-state index < -0.39 is 5.97 Å². The number of pyridine rings is 1. The molecule has 0 aliphatic heterocycles. The van der Waals surface area contributed by atoms with E-state index in [-0.39, 0.29) is 22.2 Å². The minimum Gasteiger partial charge on any atom is -0.507 e. The molecule has 0 fully saturated rings. The zero-order chi connectivity index (χ0) is 12.7. The summed E-state index contributed by atoms with van der Waals surface area (Å²) in [6.45, 7) is 3.66. The number of carboxylic acid groups (broad SMARTS) is 1. The Bertz CT molecular complexity index is 653. The van der Waals surface area contributed by atoms with Gasteiger partial charge in [0.1, 0.15) is 15.5 Å². The Labute approximate surface area is 101 Å². The Morgan fingerprint density at radius 2 is 2.06 bits per heavy atom. The number of aromatic carboxylic acids is 1. The lowest BCUT2D eigenvalue weighted by Crippen LogP contribution is -2.20. The standard InChI is InChI=1S/C11H11NO4S/c1-5(2)12-9(14)4-7(13)6-3-8(11(15)16)17-10(6)12/h3-5,13H,1-2H3,(H,15,16). The number of thiophene rings is 1. The molecule has 5 nitrogen and oxygen atoms in total. The molecule has 0 aliphatic rings. The molecular formula is C11H11NO4S. The summed E-state index contributed by atoms with van der Waals surface area (Å²) < 4.78 is 1.48. The van der Waals surface area contributed by atoms with Gasteiger partial charge >= 0.3 is 5.97 Å². The highest BCUT2D eigenvalue weighted by Crippen LogP contribution is 2.31. The lowest BCUT2D eigenvalue weighted by atomic mass is 10.2. The Hall–Kier alpha value is -1.82. The molecule has 17 heavy (non-hydrogen) atoms. The van der Waals surface area contributed by atoms with Crippen LogP contribution in [0.3, 0.4) is 0 Å². The lowest BCUT2D eigenvalue weighted by molar-refractivity contribution is 0.0702. The van der Waals surface area contributed by atoms with Gasteiger partial charge in [-0.3, -0.25) is 9.36 Å². The van der Waals surface area contributed by atoms with Crippen molar-refractivity contribution >= 4 is 27.5 Å². The highest BCUT2D eigenvalue weighted by molar-refractivity contribution is 7.20. The van der Waals surface area contributed by atoms with Gasteiger partial charge in [0.05, 0.1) is 5.39 Å². The summed E-state index contributed by atoms with van der Waals surface area (Å²) in [5.41, 5.74) is -0.330. The summed E-state index contributed by atoms with van der Waals surface area (Å²) in [5.74, 6) is -1.24. The van der Waals surface area contributed by atoms with Crippen molar-refractivity contribution in [2.75, 3.05) is 0 Å². The Kier molecular flexibility index (Phi) is 2.66. The zero-order valence-corrected chi connectivity index (χ0v) is 10.1. The van der Waals surface area contributed by atoms with Crippen molar-refractivity contribution in [2.45, 2.75) is 19.9 Å². The van der Waals surface area contributed by atoms with Crippen molar-refractivity contribution in [1.29, 1.82) is 0 Å². The van der Waals surface area contributed by atoms with Gasteiger partial charge in [0.25, 0.3) is 5.56 Å². The van der Waals surface area contributed by atoms with E-state index in [2.05, 4.69) is 0 Å². The number of aromatic hydroxyl groups is 1. The summed E-state index contributed by atoms with van der Waals surface area (Å²) in [6.07, 6.45) is 0. The first-order valence-electron chi connectivity index (χ1n) is 5.03. The molecule has 2 aromatic heterocycles. The van der Waals surface area contributed by atoms with Crippen LogP contribution in [0, 0.1) is 0 Å². The molecule has 2 aromatic rings. The Morgan fingerprint density at radius 1 is 1.41 bits per heavy atom. The number of nitrogens with zero attached hydrogens (tertiary/aromatic N) is 1. The van der Waals surface area contributed by atoms with E-state index in [0.717, 1.165) is 17.4 Å². The van der Waals surface area contributed by atoms with E-state index >= 15 is 0 Å². The van der Waals surface area contributed by atoms with Crippen LogP contribution < -0.4 is 5.56 Å². The number of aromatic nitrogens is 1. The Morgan fingerprint density at radius 3 is 2.59 bits per heavy atom. The summed E-state index contributed by atoms with van der Waals surface area (Å²) in [5, 5.41) is 19.0. The average Bonchev–Trinajstić information content (AvgIpc) is 2.61. The van der Waals surface area contributed by atoms with Gasteiger partial charge in [-0.2, -0.15) is 0 Å². The molecule has 0 spiro atoms. The second-order valence-corrected chi connectivity index (χ2v) is 5.00. The quantitative estimate of drug-likeness (QED) is 0.858. The molecule has 0 aromatic carbocycles. The first-order valence-corrected chi connectivity index (χ1v) is 5.85. The molecule has 0 radical (unpaired) electrons. The van der Waals surface area contributed by atoms with Crippen LogP contribution in [0.1, 0.15) is 29.6 Å². The van der Waals surface area contributed by atoms with E-state index in [0.29, 0.717) is 10.2 Å². The summed E-state index contributed by atoms with van der Waals surface area (Å²) >= 11 is 0.992. The third-order valence-electron chi connectivity index (χ3n) is 2.43. The molecule has 0 atom stereocenters. The lowest BCUT2D eigenvalue weighted by Gasteiger charge is -2.11. The molecule has 6 heteroatoms. The van der Waals surface area contributed by atoms with Crippen LogP contribution >= 0.6 is 11.3 Å². The first-order chi connectivity index (χ1) is 7.91. The van der Waals surface area contributed by atoms with E-state index in [1.807, 2.05) is 13.8 Å². The number of rotatable bonds is 2. The zero-order valence-electron chi connectivity index (χ0n) is 9.30. The maximum absolute atomic E-state index is 11.7. The first kappa shape index (κ1) is 11.7. The molecule has 2 N–H and O–H groups in total. The van der Waals surface area contributed by atoms with Crippen LogP contribution in [0.4, 0.5) is 0 Å². The van der Waals surface area contributed by atoms with Crippen LogP contribution in [-0.4, -0.2) is 20.7 Å². The number of fused-ring (bicyclic) bond motifs is 1. The number of carboxylic acids is 1. The normalized spacial score (nSPS) is 11.2. The van der Waals surface area contributed by atoms with Crippen LogP contribution in [0.5, 0.6) is 5.75 Å². The maximum atomic E-state index is 11.7. The van der Waals surface area contributed by atoms with Crippen LogP contribution in [-0.2, 0) is 0 Å². The largest absolute Gasteiger partial charge is 0.507 e. The second-order valence-electron chi connectivity index (χ2n) is 3.97. The second kappa shape index (κ2) is 3.89. The number of carbonyl (C=O) groups is 1. The third-order valence-corrected chi connectivity index (χ3v) is 3.55. The van der Waals surface area contributed by atoms with Crippen molar-refractivity contribution in [1.82, 2.24) is 4.57 Å². The van der Waals surface area contributed by atoms with Gasteiger partial charge in [0.15, 0.2) is 0 Å². The van der Waals surface area contributed by atoms with Gasteiger partial charge in [0, 0.05) is 12.1 Å². The van der Waals surface area contributed by atoms with Crippen molar-refractivity contribution in [3.05, 3.63) is 27.4 Å². The van der Waals surface area contributed by atoms with E-state index in [4.69, 9.17) is 5.11 Å². The molecule has 0 bridgehead atoms. The molecule has 0 aliphatic carbocycles. The van der Waals surface area contributed by atoms with Crippen LogP contribution in [0.15, 0.2) is 16.9 Å². The van der Waals surface area contributed by atoms with Gasteiger partial charge in [0.2, 0.25) is 0 Å². The van der Waals surface area contributed by atoms with Crippen molar-refractivity contribution < 1.29 is 15.0 Å². The molecule has 2 heterocycles. The van der Waals surface area contributed by atoms with Crippen molar-refractivity contribution in [3.8, 4) is 5.75 Å². The average molecular weight is 253 g/mol. The van der Waals surface area contributed by atoms with E-state index in [1.54, 1.807) is 0 Å². The minimum absolute atomic E-state index is 0.0918. The van der Waals surface area contributed by atoms with Crippen LogP contribution in [0.25, 0.3) is 10.2 Å². The topological polar surface area (TPSA) is 79.5 Å². The van der Waals surface area contributed by atoms with Gasteiger partial charge in [-0.25, -0.2) is 4.79 Å². The highest BCUT2D eigenvalue weighted by Gasteiger charge is 2.16. The van der Waals surface area contributed by atoms with Crippen LogP contribution in [0.2, 0.25) is 0 Å². The predicted octanol–water partition coefficient (Wildman–Crippen LogP) is 2.05. The summed E-state index contributed by atoms with van der Waals surface area (Å²) in [6, 6.07) is 2.40. The molecule has 0 saturated heterocycles. The fourth-order valence-electron chi connectivity index (χ4n) is 1.70. The van der Waals surface area contributed by atoms with Gasteiger partial charge in [-0.05, 0) is 19.9 Å². The highest BCUT2D eigenvalue weighted by atomic mass is 32.1. The minimum atomic E-state index is -1.06. The van der Waals surface area contributed by atoms with E-state index in [1.165, 1.54) is 10.6 Å². The molecule has 2 rings (SSSR count). The Balaban J connectivity index is 2.90. The van der Waals surface area contributed by atoms with Gasteiger partial charge < -0.3 is 10.2 Å². The molecule has 0 unspecified atom stereocenters. The number of hydrogen-bond acceptors (Lipinski definition) is 4. The molecule has 0 amide bonds. The predicted molar refractivity (Wildman–Crippen MR) is 65.1 cm³/mol. The van der Waals surface area contributed by atoms with Gasteiger partial charge in [-0.15, -0.1) is 11.3 Å². The monoisotopic (exact) mass is 253 g/mol. The van der Waals surface area contributed by atoms with E-state index in [9.17, 15) is 14.7 Å². The fourth-order valence-corrected chi connectivity index (χ4v) is 2.85. The van der Waals surface area contributed by atoms with Crippen molar-refractivity contribution in [3.63, 3.8) is 0 Å². The maximum Gasteiger partial charge on any atom is 0.345 e. The molecular weight excluding hydrogens is 242 g/mol. The van der Waals surface area contributed by atoms with Gasteiger partial charge in [-0.1, -0.05) is 0 Å². The summed E-state index contributed by atoms with van der Waals surface area (Å²) in [4.78, 5) is 23.2. The van der Waals surface area contributed by atoms with Crippen molar-refractivity contribution in [2.24, 2.45) is 0 Å². The summed E-state index contributed by atoms with van der Waals surface area (Å²) in [7, 11) is 0. The molecule has 90 valence electrons. The fraction of sp³-hybridized carbons (Fsp3) is 0.273. The third kappa shape index (κ3) is 1.80.